The molecule has 31 heavy (non-hydrogen) atoms. The van der Waals surface area contributed by atoms with Crippen molar-refractivity contribution >= 4 is 23.2 Å². The van der Waals surface area contributed by atoms with Gasteiger partial charge in [-0.05, 0) is 48.4 Å². The lowest BCUT2D eigenvalue weighted by Gasteiger charge is -2.37. The summed E-state index contributed by atoms with van der Waals surface area (Å²) in [5.41, 5.74) is 1.13. The molecule has 166 valence electrons. The lowest BCUT2D eigenvalue weighted by molar-refractivity contribution is -0.145. The third-order valence-corrected chi connectivity index (χ3v) is 6.74. The maximum Gasteiger partial charge on any atom is 0.249 e. The Balaban J connectivity index is 1.49. The highest BCUT2D eigenvalue weighted by atomic mass is 32.1. The molecule has 0 spiro atoms. The molecule has 0 N–H and O–H groups in total. The van der Waals surface area contributed by atoms with Crippen LogP contribution in [-0.4, -0.2) is 68.2 Å². The summed E-state index contributed by atoms with van der Waals surface area (Å²) < 4.78 is 16.4. The van der Waals surface area contributed by atoms with E-state index in [1.54, 1.807) is 23.3 Å². The molecule has 2 amide bonds. The molecule has 1 aromatic carbocycles. The zero-order valence-electron chi connectivity index (χ0n) is 17.9. The maximum atomic E-state index is 13.3. The molecular weight excluding hydrogens is 416 g/mol. The Kier molecular flexibility index (Phi) is 6.77. The normalized spacial score (nSPS) is 17.7. The Bertz CT molecular complexity index is 926. The van der Waals surface area contributed by atoms with Gasteiger partial charge < -0.3 is 24.0 Å². The maximum absolute atomic E-state index is 13.3. The number of methoxy groups -OCH3 is 2. The topological polar surface area (TPSA) is 68.3 Å². The van der Waals surface area contributed by atoms with Gasteiger partial charge in [-0.3, -0.25) is 9.59 Å². The minimum atomic E-state index is -0.188. The van der Waals surface area contributed by atoms with Crippen molar-refractivity contribution in [3.05, 3.63) is 46.2 Å². The van der Waals surface area contributed by atoms with Crippen molar-refractivity contribution < 1.29 is 23.8 Å². The first-order valence-electron chi connectivity index (χ1n) is 10.5. The second kappa shape index (κ2) is 9.70. The van der Waals surface area contributed by atoms with E-state index in [0.29, 0.717) is 18.9 Å². The van der Waals surface area contributed by atoms with Crippen LogP contribution in [0.1, 0.15) is 29.3 Å². The number of carbonyl (C=O) groups excluding carboxylic acids is 2. The van der Waals surface area contributed by atoms with Crippen molar-refractivity contribution in [2.45, 2.75) is 31.3 Å². The highest BCUT2D eigenvalue weighted by Gasteiger charge is 2.37. The molecule has 1 aliphatic heterocycles. The van der Waals surface area contributed by atoms with Crippen molar-refractivity contribution in [3.63, 3.8) is 0 Å². The zero-order valence-corrected chi connectivity index (χ0v) is 18.7. The van der Waals surface area contributed by atoms with Gasteiger partial charge in [0, 0.05) is 30.6 Å². The number of hydrogen-bond acceptors (Lipinski definition) is 6. The zero-order chi connectivity index (χ0) is 21.8. The average molecular weight is 445 g/mol. The minimum Gasteiger partial charge on any atom is -0.497 e. The summed E-state index contributed by atoms with van der Waals surface area (Å²) in [4.78, 5) is 30.6. The van der Waals surface area contributed by atoms with Gasteiger partial charge in [0.25, 0.3) is 0 Å². The molecule has 4 rings (SSSR count). The van der Waals surface area contributed by atoms with Crippen molar-refractivity contribution in [1.29, 1.82) is 0 Å². The largest absolute Gasteiger partial charge is 0.497 e. The van der Waals surface area contributed by atoms with Crippen LogP contribution in [0.25, 0.3) is 0 Å². The fraction of sp³-hybridized carbons (Fsp3) is 0.478. The van der Waals surface area contributed by atoms with Crippen LogP contribution in [0.2, 0.25) is 0 Å². The number of rotatable bonds is 9. The summed E-state index contributed by atoms with van der Waals surface area (Å²) in [6.07, 6.45) is 2.71. The SMILES string of the molecule is COCC(=O)N(CC(=O)N1CCc2sccc2[C@H]1COc1cccc(OC)c1)C1CC1. The number of benzene rings is 1. The lowest BCUT2D eigenvalue weighted by atomic mass is 10.0. The van der Waals surface area contributed by atoms with Crippen LogP contribution in [0.3, 0.4) is 0 Å². The Morgan fingerprint density at radius 2 is 2.00 bits per heavy atom. The van der Waals surface area contributed by atoms with Gasteiger partial charge in [-0.2, -0.15) is 0 Å². The fourth-order valence-corrected chi connectivity index (χ4v) is 4.92. The highest BCUT2D eigenvalue weighted by molar-refractivity contribution is 7.10. The van der Waals surface area contributed by atoms with E-state index in [9.17, 15) is 9.59 Å². The van der Waals surface area contributed by atoms with Crippen molar-refractivity contribution in [3.8, 4) is 11.5 Å². The predicted molar refractivity (Wildman–Crippen MR) is 118 cm³/mol. The van der Waals surface area contributed by atoms with E-state index in [2.05, 4.69) is 11.4 Å². The Labute approximate surface area is 186 Å². The molecule has 1 atom stereocenters. The molecule has 8 heteroatoms. The van der Waals surface area contributed by atoms with Gasteiger partial charge in [0.1, 0.15) is 31.3 Å². The summed E-state index contributed by atoms with van der Waals surface area (Å²) >= 11 is 1.72. The van der Waals surface area contributed by atoms with Crippen molar-refractivity contribution in [2.24, 2.45) is 0 Å². The molecule has 2 aliphatic rings. The lowest BCUT2D eigenvalue weighted by Crippen LogP contribution is -2.49. The fourth-order valence-electron chi connectivity index (χ4n) is 3.99. The highest BCUT2D eigenvalue weighted by Crippen LogP contribution is 2.35. The Morgan fingerprint density at radius 1 is 1.19 bits per heavy atom. The standard InChI is InChI=1S/C23H28N2O5S/c1-28-15-23(27)25(16-6-7-16)13-22(26)24-10-8-21-19(9-11-31-21)20(24)14-30-18-5-3-4-17(12-18)29-2/h3-5,9,11-12,16,20H,6-8,10,13-15H2,1-2H3/t20-/m1/s1. The predicted octanol–water partition coefficient (Wildman–Crippen LogP) is 2.90. The molecule has 2 aromatic rings. The van der Waals surface area contributed by atoms with E-state index in [-0.39, 0.29) is 37.0 Å². The summed E-state index contributed by atoms with van der Waals surface area (Å²) in [6, 6.07) is 9.50. The number of nitrogens with zero attached hydrogens (tertiary/aromatic N) is 2. The minimum absolute atomic E-state index is 0.000832. The second-order valence-electron chi connectivity index (χ2n) is 7.83. The molecule has 0 bridgehead atoms. The number of carbonyl (C=O) groups is 2. The molecule has 1 saturated carbocycles. The van der Waals surface area contributed by atoms with Gasteiger partial charge in [0.15, 0.2) is 0 Å². The third kappa shape index (κ3) is 5.02. The van der Waals surface area contributed by atoms with Crippen LogP contribution in [-0.2, 0) is 20.7 Å². The van der Waals surface area contributed by atoms with Crippen molar-refractivity contribution in [1.82, 2.24) is 9.80 Å². The van der Waals surface area contributed by atoms with E-state index in [4.69, 9.17) is 14.2 Å². The summed E-state index contributed by atoms with van der Waals surface area (Å²) in [6.45, 7) is 1.05. The van der Waals surface area contributed by atoms with E-state index < -0.39 is 0 Å². The van der Waals surface area contributed by atoms with Gasteiger partial charge in [-0.1, -0.05) is 6.07 Å². The second-order valence-corrected chi connectivity index (χ2v) is 8.83. The molecule has 1 aliphatic carbocycles. The molecule has 0 radical (unpaired) electrons. The van der Waals surface area contributed by atoms with Gasteiger partial charge in [-0.15, -0.1) is 11.3 Å². The monoisotopic (exact) mass is 444 g/mol. The summed E-state index contributed by atoms with van der Waals surface area (Å²) in [7, 11) is 3.12. The van der Waals surface area contributed by atoms with Gasteiger partial charge in [-0.25, -0.2) is 0 Å². The number of amides is 2. The van der Waals surface area contributed by atoms with Gasteiger partial charge >= 0.3 is 0 Å². The molecular formula is C23H28N2O5S. The van der Waals surface area contributed by atoms with Crippen LogP contribution in [0, 0.1) is 0 Å². The van der Waals surface area contributed by atoms with E-state index in [1.165, 1.54) is 12.0 Å². The first-order valence-corrected chi connectivity index (χ1v) is 11.4. The van der Waals surface area contributed by atoms with E-state index in [1.807, 2.05) is 29.2 Å². The van der Waals surface area contributed by atoms with Crippen LogP contribution >= 0.6 is 11.3 Å². The summed E-state index contributed by atoms with van der Waals surface area (Å²) in [5, 5.41) is 2.07. The number of fused-ring (bicyclic) bond motifs is 1. The number of ether oxygens (including phenoxy) is 3. The molecule has 0 saturated heterocycles. The quantitative estimate of drug-likeness (QED) is 0.595. The van der Waals surface area contributed by atoms with Crippen LogP contribution in [0.15, 0.2) is 35.7 Å². The molecule has 0 unspecified atom stereocenters. The van der Waals surface area contributed by atoms with Crippen LogP contribution < -0.4 is 9.47 Å². The molecule has 1 fully saturated rings. The smallest absolute Gasteiger partial charge is 0.249 e. The van der Waals surface area contributed by atoms with Gasteiger partial charge in [0.05, 0.1) is 13.2 Å². The first-order chi connectivity index (χ1) is 15.1. The molecule has 7 nitrogen and oxygen atoms in total. The van der Waals surface area contributed by atoms with Crippen molar-refractivity contribution in [2.75, 3.05) is 40.5 Å². The van der Waals surface area contributed by atoms with Crippen LogP contribution in [0.4, 0.5) is 0 Å². The Hall–Kier alpha value is -2.58. The summed E-state index contributed by atoms with van der Waals surface area (Å²) in [5.74, 6) is 1.24. The molecule has 1 aromatic heterocycles. The first kappa shape index (κ1) is 21.6. The number of thiophene rings is 1. The average Bonchev–Trinajstić information content (AvgIpc) is 3.51. The van der Waals surface area contributed by atoms with E-state index in [0.717, 1.165) is 30.6 Å². The van der Waals surface area contributed by atoms with E-state index >= 15 is 0 Å². The van der Waals surface area contributed by atoms with Crippen LogP contribution in [0.5, 0.6) is 11.5 Å². The third-order valence-electron chi connectivity index (χ3n) is 5.75. The molecule has 2 heterocycles. The number of hydrogen-bond donors (Lipinski definition) is 0. The Morgan fingerprint density at radius 3 is 2.74 bits per heavy atom. The van der Waals surface area contributed by atoms with Gasteiger partial charge in [0.2, 0.25) is 11.8 Å².